The van der Waals surface area contributed by atoms with Crippen LogP contribution in [0.25, 0.3) is 0 Å². The van der Waals surface area contributed by atoms with Crippen molar-refractivity contribution < 1.29 is 22.7 Å². The van der Waals surface area contributed by atoms with E-state index in [9.17, 15) is 18.0 Å². The van der Waals surface area contributed by atoms with Crippen LogP contribution >= 0.6 is 12.4 Å². The van der Waals surface area contributed by atoms with Crippen LogP contribution in [0.15, 0.2) is 48.5 Å². The highest BCUT2D eigenvalue weighted by molar-refractivity contribution is 5.94. The molecule has 1 aliphatic rings. The summed E-state index contributed by atoms with van der Waals surface area (Å²) in [5.41, 5.74) is -0.392. The summed E-state index contributed by atoms with van der Waals surface area (Å²) in [5.74, 6) is 0.116. The third-order valence-corrected chi connectivity index (χ3v) is 4.42. The second kappa shape index (κ2) is 10.5. The van der Waals surface area contributed by atoms with E-state index in [0.717, 1.165) is 44.9 Å². The van der Waals surface area contributed by atoms with E-state index in [2.05, 4.69) is 15.5 Å². The average Bonchev–Trinajstić information content (AvgIpc) is 2.68. The number of ether oxygens (including phenoxy) is 1. The van der Waals surface area contributed by atoms with Gasteiger partial charge >= 0.3 is 6.18 Å². The van der Waals surface area contributed by atoms with Crippen LogP contribution in [0.2, 0.25) is 0 Å². The second-order valence-electron chi connectivity index (χ2n) is 6.50. The molecule has 0 radical (unpaired) electrons. The van der Waals surface area contributed by atoms with E-state index in [-0.39, 0.29) is 24.1 Å². The van der Waals surface area contributed by atoms with E-state index in [1.807, 2.05) is 0 Å². The van der Waals surface area contributed by atoms with Gasteiger partial charge in [-0.3, -0.25) is 9.69 Å². The number of carbonyl (C=O) groups excluding carboxylic acids is 1. The number of hydrogen-bond donors (Lipinski definition) is 2. The lowest BCUT2D eigenvalue weighted by Crippen LogP contribution is -2.46. The molecular formula is C20H23ClF3N3O2. The molecule has 1 amide bonds. The summed E-state index contributed by atoms with van der Waals surface area (Å²) in [7, 11) is 0. The molecule has 2 aromatic carbocycles. The van der Waals surface area contributed by atoms with Crippen molar-refractivity contribution in [3.05, 3.63) is 59.7 Å². The molecule has 0 bridgehead atoms. The number of benzene rings is 2. The maximum Gasteiger partial charge on any atom is 0.416 e. The lowest BCUT2D eigenvalue weighted by molar-refractivity contribution is -0.137. The zero-order valence-corrected chi connectivity index (χ0v) is 16.5. The lowest BCUT2D eigenvalue weighted by Gasteiger charge is -2.27. The Bertz CT molecular complexity index is 812. The molecule has 0 unspecified atom stereocenters. The van der Waals surface area contributed by atoms with Gasteiger partial charge < -0.3 is 15.4 Å². The summed E-state index contributed by atoms with van der Waals surface area (Å²) in [5, 5.41) is 6.13. The van der Waals surface area contributed by atoms with Gasteiger partial charge in [-0.2, -0.15) is 13.2 Å². The summed E-state index contributed by atoms with van der Waals surface area (Å²) >= 11 is 0. The first-order valence-corrected chi connectivity index (χ1v) is 9.08. The van der Waals surface area contributed by atoms with Gasteiger partial charge in [0.15, 0.2) is 0 Å². The second-order valence-corrected chi connectivity index (χ2v) is 6.50. The molecule has 0 spiro atoms. The maximum absolute atomic E-state index is 12.8. The van der Waals surface area contributed by atoms with Crippen molar-refractivity contribution in [1.82, 2.24) is 15.5 Å². The molecule has 1 saturated heterocycles. The Kier molecular flexibility index (Phi) is 8.31. The fourth-order valence-electron chi connectivity index (χ4n) is 2.94. The molecule has 2 aromatic rings. The standard InChI is InChI=1S/C20H22F3N3O2.ClH/c21-20(22,23)16-4-2-6-18(14-16)28-17-5-1-3-15(13-17)19(27)25-9-12-26-10-7-24-8-11-26;/h1-6,13-14,24H,7-12H2,(H,25,27);1H. The van der Waals surface area contributed by atoms with E-state index in [0.29, 0.717) is 17.9 Å². The van der Waals surface area contributed by atoms with E-state index in [4.69, 9.17) is 4.74 Å². The SMILES string of the molecule is Cl.O=C(NCCN1CCNCC1)c1cccc(Oc2cccc(C(F)(F)F)c2)c1. The van der Waals surface area contributed by atoms with Crippen LogP contribution in [0.3, 0.4) is 0 Å². The van der Waals surface area contributed by atoms with E-state index < -0.39 is 11.7 Å². The highest BCUT2D eigenvalue weighted by Gasteiger charge is 2.30. The molecule has 0 aliphatic carbocycles. The molecule has 29 heavy (non-hydrogen) atoms. The van der Waals surface area contributed by atoms with Crippen molar-refractivity contribution in [3.63, 3.8) is 0 Å². The van der Waals surface area contributed by atoms with Crippen LogP contribution < -0.4 is 15.4 Å². The van der Waals surface area contributed by atoms with Crippen LogP contribution in [0.5, 0.6) is 11.5 Å². The van der Waals surface area contributed by atoms with Crippen LogP contribution in [0.1, 0.15) is 15.9 Å². The van der Waals surface area contributed by atoms with Gasteiger partial charge in [0.1, 0.15) is 11.5 Å². The number of piperazine rings is 1. The minimum atomic E-state index is -4.44. The number of nitrogens with one attached hydrogen (secondary N) is 2. The van der Waals surface area contributed by atoms with Gasteiger partial charge in [-0.15, -0.1) is 12.4 Å². The third-order valence-electron chi connectivity index (χ3n) is 4.42. The Hall–Kier alpha value is -2.29. The minimum absolute atomic E-state index is 0. The fraction of sp³-hybridized carbons (Fsp3) is 0.350. The zero-order valence-electron chi connectivity index (χ0n) is 15.7. The minimum Gasteiger partial charge on any atom is -0.457 e. The smallest absolute Gasteiger partial charge is 0.416 e. The molecule has 158 valence electrons. The molecule has 0 saturated carbocycles. The zero-order chi connectivity index (χ0) is 20.0. The molecular weight excluding hydrogens is 407 g/mol. The van der Waals surface area contributed by atoms with Gasteiger partial charge in [-0.1, -0.05) is 12.1 Å². The van der Waals surface area contributed by atoms with Gasteiger partial charge in [-0.25, -0.2) is 0 Å². The van der Waals surface area contributed by atoms with Gasteiger partial charge in [0.05, 0.1) is 5.56 Å². The predicted octanol–water partition coefficient (Wildman–Crippen LogP) is 3.55. The summed E-state index contributed by atoms with van der Waals surface area (Å²) in [4.78, 5) is 14.6. The maximum atomic E-state index is 12.8. The first kappa shape index (κ1) is 23.0. The highest BCUT2D eigenvalue weighted by atomic mass is 35.5. The number of nitrogens with zero attached hydrogens (tertiary/aromatic N) is 1. The van der Waals surface area contributed by atoms with Crippen LogP contribution in [-0.4, -0.2) is 50.1 Å². The normalized spacial score (nSPS) is 14.7. The van der Waals surface area contributed by atoms with Gasteiger partial charge in [0.2, 0.25) is 0 Å². The van der Waals surface area contributed by atoms with E-state index >= 15 is 0 Å². The Morgan fingerprint density at radius 2 is 1.72 bits per heavy atom. The Morgan fingerprint density at radius 1 is 1.07 bits per heavy atom. The summed E-state index contributed by atoms with van der Waals surface area (Å²) < 4.78 is 44.0. The average molecular weight is 430 g/mol. The summed E-state index contributed by atoms with van der Waals surface area (Å²) in [6.45, 7) is 5.10. The molecule has 5 nitrogen and oxygen atoms in total. The number of rotatable bonds is 6. The topological polar surface area (TPSA) is 53.6 Å². The van der Waals surface area contributed by atoms with Crippen molar-refractivity contribution in [2.45, 2.75) is 6.18 Å². The Morgan fingerprint density at radius 3 is 2.41 bits per heavy atom. The molecule has 2 N–H and O–H groups in total. The summed E-state index contributed by atoms with van der Waals surface area (Å²) in [6, 6.07) is 11.0. The first-order valence-electron chi connectivity index (χ1n) is 9.08. The van der Waals surface area contributed by atoms with Crippen molar-refractivity contribution in [3.8, 4) is 11.5 Å². The number of hydrogen-bond acceptors (Lipinski definition) is 4. The molecule has 1 fully saturated rings. The molecule has 0 atom stereocenters. The largest absolute Gasteiger partial charge is 0.457 e. The Labute approximate surface area is 173 Å². The van der Waals surface area contributed by atoms with E-state index in [1.165, 1.54) is 18.2 Å². The predicted molar refractivity (Wildman–Crippen MR) is 107 cm³/mol. The highest BCUT2D eigenvalue weighted by Crippen LogP contribution is 2.32. The van der Waals surface area contributed by atoms with E-state index in [1.54, 1.807) is 18.2 Å². The van der Waals surface area contributed by atoms with Gasteiger partial charge in [0.25, 0.3) is 5.91 Å². The number of alkyl halides is 3. The van der Waals surface area contributed by atoms with Crippen molar-refractivity contribution in [2.75, 3.05) is 39.3 Å². The third kappa shape index (κ3) is 6.92. The summed E-state index contributed by atoms with van der Waals surface area (Å²) in [6.07, 6.45) is -4.44. The molecule has 3 rings (SSSR count). The van der Waals surface area contributed by atoms with Gasteiger partial charge in [0, 0.05) is 44.8 Å². The number of amides is 1. The fourth-order valence-corrected chi connectivity index (χ4v) is 2.94. The lowest BCUT2D eigenvalue weighted by atomic mass is 10.2. The number of halogens is 4. The van der Waals surface area contributed by atoms with Crippen molar-refractivity contribution in [2.24, 2.45) is 0 Å². The molecule has 9 heteroatoms. The Balaban J connectivity index is 0.00000300. The van der Waals surface area contributed by atoms with Crippen LogP contribution in [0.4, 0.5) is 13.2 Å². The molecule has 1 heterocycles. The quantitative estimate of drug-likeness (QED) is 0.737. The number of carbonyl (C=O) groups is 1. The van der Waals surface area contributed by atoms with Crippen molar-refractivity contribution in [1.29, 1.82) is 0 Å². The monoisotopic (exact) mass is 429 g/mol. The van der Waals surface area contributed by atoms with Gasteiger partial charge in [-0.05, 0) is 36.4 Å². The van der Waals surface area contributed by atoms with Crippen LogP contribution in [-0.2, 0) is 6.18 Å². The van der Waals surface area contributed by atoms with Crippen molar-refractivity contribution >= 4 is 18.3 Å². The van der Waals surface area contributed by atoms with Crippen LogP contribution in [0, 0.1) is 0 Å². The first-order chi connectivity index (χ1) is 13.4. The molecule has 0 aromatic heterocycles. The molecule has 1 aliphatic heterocycles.